The number of para-hydroxylation sites is 1. The molecule has 0 saturated heterocycles. The van der Waals surface area contributed by atoms with E-state index < -0.39 is 5.41 Å². The second-order valence-corrected chi connectivity index (χ2v) is 13.8. The van der Waals surface area contributed by atoms with Gasteiger partial charge in [0, 0.05) is 26.4 Å². The van der Waals surface area contributed by atoms with E-state index in [1.54, 1.807) is 0 Å². The molecule has 0 fully saturated rings. The summed E-state index contributed by atoms with van der Waals surface area (Å²) in [5.74, 6) is 0. The largest absolute Gasteiger partial charge is 0.299 e. The van der Waals surface area contributed by atoms with Gasteiger partial charge in [-0.2, -0.15) is 0 Å². The average Bonchev–Trinajstić information content (AvgIpc) is 3.82. The number of thiophene rings is 1. The normalized spacial score (nSPS) is 13.7. The summed E-state index contributed by atoms with van der Waals surface area (Å²) in [6.07, 6.45) is 0. The summed E-state index contributed by atoms with van der Waals surface area (Å²) in [5, 5.41) is 7.93. The highest BCUT2D eigenvalue weighted by Crippen LogP contribution is 2.59. The molecule has 0 N–H and O–H groups in total. The van der Waals surface area contributed by atoms with Crippen LogP contribution in [0.1, 0.15) is 22.3 Å². The molecule has 1 aliphatic rings. The molecule has 0 amide bonds. The van der Waals surface area contributed by atoms with Crippen LogP contribution >= 0.6 is 11.3 Å². The van der Waals surface area contributed by atoms with Crippen molar-refractivity contribution in [1.29, 1.82) is 0 Å². The van der Waals surface area contributed by atoms with Gasteiger partial charge in [0.05, 0.1) is 16.4 Å². The number of hydrogen-bond donors (Lipinski definition) is 0. The monoisotopic (exact) mass is 613 g/mol. The molecule has 11 rings (SSSR count). The third kappa shape index (κ3) is 3.14. The molecule has 0 bridgehead atoms. The average molecular weight is 614 g/mol. The Morgan fingerprint density at radius 1 is 0.468 bits per heavy atom. The molecule has 3 aromatic heterocycles. The predicted octanol–water partition coefficient (Wildman–Crippen LogP) is 12.1. The van der Waals surface area contributed by atoms with E-state index in [9.17, 15) is 0 Å². The van der Waals surface area contributed by atoms with E-state index in [-0.39, 0.29) is 0 Å². The van der Waals surface area contributed by atoms with Gasteiger partial charge in [0.15, 0.2) is 0 Å². The number of nitrogens with zero attached hydrogens (tertiary/aromatic N) is 1. The van der Waals surface area contributed by atoms with Crippen molar-refractivity contribution in [3.8, 4) is 21.6 Å². The molecule has 47 heavy (non-hydrogen) atoms. The minimum absolute atomic E-state index is 0.411. The fourth-order valence-corrected chi connectivity index (χ4v) is 10.1. The third-order valence-electron chi connectivity index (χ3n) is 10.6. The number of hydrogen-bond acceptors (Lipinski definition) is 1. The first kappa shape index (κ1) is 25.5. The van der Waals surface area contributed by atoms with E-state index in [1.807, 2.05) is 11.3 Å². The maximum Gasteiger partial charge on any atom is 0.109 e. The van der Waals surface area contributed by atoms with E-state index in [0.29, 0.717) is 0 Å². The van der Waals surface area contributed by atoms with E-state index in [4.69, 9.17) is 0 Å². The molecule has 10 aromatic rings. The van der Waals surface area contributed by atoms with Crippen molar-refractivity contribution in [1.82, 2.24) is 4.40 Å². The first-order chi connectivity index (χ1) is 23.3. The van der Waals surface area contributed by atoms with Crippen LogP contribution in [0.2, 0.25) is 0 Å². The highest BCUT2D eigenvalue weighted by molar-refractivity contribution is 7.22. The summed E-state index contributed by atoms with van der Waals surface area (Å²) >= 11 is 1.92. The highest BCUT2D eigenvalue weighted by Gasteiger charge is 2.46. The van der Waals surface area contributed by atoms with Gasteiger partial charge in [-0.05, 0) is 61.8 Å². The molecule has 3 heterocycles. The molecule has 0 unspecified atom stereocenters. The Kier molecular flexibility index (Phi) is 4.98. The van der Waals surface area contributed by atoms with Crippen LogP contribution < -0.4 is 0 Å². The van der Waals surface area contributed by atoms with E-state index >= 15 is 0 Å². The quantitative estimate of drug-likeness (QED) is 0.187. The van der Waals surface area contributed by atoms with Crippen molar-refractivity contribution in [2.45, 2.75) is 5.41 Å². The van der Waals surface area contributed by atoms with E-state index in [2.05, 4.69) is 168 Å². The zero-order chi connectivity index (χ0) is 30.7. The fraction of sp³-hybridized carbons (Fsp3) is 0.0222. The van der Waals surface area contributed by atoms with Gasteiger partial charge in [-0.25, -0.2) is 0 Å². The van der Waals surface area contributed by atoms with E-state index in [1.165, 1.54) is 92.0 Å². The Bertz CT molecular complexity index is 2800. The van der Waals surface area contributed by atoms with Crippen molar-refractivity contribution in [3.05, 3.63) is 186 Å². The molecular formula is C45H27NS. The smallest absolute Gasteiger partial charge is 0.109 e. The zero-order valence-corrected chi connectivity index (χ0v) is 26.3. The predicted molar refractivity (Wildman–Crippen MR) is 199 cm³/mol. The first-order valence-electron chi connectivity index (χ1n) is 16.3. The molecule has 0 saturated carbocycles. The summed E-state index contributed by atoms with van der Waals surface area (Å²) in [5.41, 5.74) is 11.4. The Labute approximate surface area is 275 Å². The second kappa shape index (κ2) is 9.19. The van der Waals surface area contributed by atoms with Gasteiger partial charge < -0.3 is 0 Å². The first-order valence-corrected chi connectivity index (χ1v) is 17.1. The van der Waals surface area contributed by atoms with Crippen LogP contribution in [0.4, 0.5) is 0 Å². The van der Waals surface area contributed by atoms with Gasteiger partial charge in [0.2, 0.25) is 0 Å². The Morgan fingerprint density at radius 2 is 1.13 bits per heavy atom. The van der Waals surface area contributed by atoms with Gasteiger partial charge in [0.25, 0.3) is 0 Å². The summed E-state index contributed by atoms with van der Waals surface area (Å²) in [6.45, 7) is 0. The van der Waals surface area contributed by atoms with Crippen molar-refractivity contribution in [2.24, 2.45) is 0 Å². The van der Waals surface area contributed by atoms with E-state index in [0.717, 1.165) is 0 Å². The fourth-order valence-electron chi connectivity index (χ4n) is 8.83. The third-order valence-corrected chi connectivity index (χ3v) is 11.8. The number of benzene rings is 7. The summed E-state index contributed by atoms with van der Waals surface area (Å²) in [7, 11) is 0. The molecule has 2 heteroatoms. The molecule has 1 aliphatic carbocycles. The standard InChI is InChI=1S/C45H27NS/c1-3-14-29(15-4-1)45(30-16-5-2-6-17-30)37-22-9-7-19-34(37)42-35(21-12-23-38(42)45)40-27-36-32-20-11-13-28-25-26-33-31-18-8-10-24-39(31)46(44(36)47-40)43(33)41(28)32/h1-27H. The maximum atomic E-state index is 2.54. The molecule has 218 valence electrons. The maximum absolute atomic E-state index is 2.54. The van der Waals surface area contributed by atoms with Gasteiger partial charge in [0.1, 0.15) is 4.83 Å². The molecule has 7 aromatic carbocycles. The van der Waals surface area contributed by atoms with Gasteiger partial charge >= 0.3 is 0 Å². The van der Waals surface area contributed by atoms with Crippen LogP contribution in [0.15, 0.2) is 164 Å². The van der Waals surface area contributed by atoms with Crippen molar-refractivity contribution < 1.29 is 0 Å². The van der Waals surface area contributed by atoms with Crippen LogP contribution in [0.5, 0.6) is 0 Å². The van der Waals surface area contributed by atoms with Crippen LogP contribution in [-0.2, 0) is 5.41 Å². The molecule has 0 radical (unpaired) electrons. The molecule has 0 spiro atoms. The minimum Gasteiger partial charge on any atom is -0.299 e. The zero-order valence-electron chi connectivity index (χ0n) is 25.4. The molecule has 0 atom stereocenters. The van der Waals surface area contributed by atoms with Crippen molar-refractivity contribution >= 4 is 59.5 Å². The lowest BCUT2D eigenvalue weighted by atomic mass is 9.67. The number of rotatable bonds is 3. The Balaban J connectivity index is 1.28. The number of pyridine rings is 1. The molecular weight excluding hydrogens is 587 g/mol. The Morgan fingerprint density at radius 3 is 1.96 bits per heavy atom. The van der Waals surface area contributed by atoms with Crippen LogP contribution in [0, 0.1) is 0 Å². The van der Waals surface area contributed by atoms with Crippen molar-refractivity contribution in [3.63, 3.8) is 0 Å². The summed E-state index contributed by atoms with van der Waals surface area (Å²) < 4.78 is 2.54. The minimum atomic E-state index is -0.411. The lowest BCUT2D eigenvalue weighted by molar-refractivity contribution is 0.768. The molecule has 0 aliphatic heterocycles. The molecule has 1 nitrogen and oxygen atoms in total. The van der Waals surface area contributed by atoms with Crippen LogP contribution in [0.25, 0.3) is 69.7 Å². The Hall–Kier alpha value is -5.70. The SMILES string of the molecule is c1ccc(C2(c3ccccc3)c3ccccc3-c3c(-c4cc5c6cccc7ccc8c9ccccc9n(c5s4)c8c76)cccc32)cc1. The highest BCUT2D eigenvalue weighted by atomic mass is 32.1. The van der Waals surface area contributed by atoms with Crippen LogP contribution in [-0.4, -0.2) is 4.40 Å². The number of aromatic nitrogens is 1. The lowest BCUT2D eigenvalue weighted by Gasteiger charge is -2.33. The van der Waals surface area contributed by atoms with Gasteiger partial charge in [-0.3, -0.25) is 4.40 Å². The van der Waals surface area contributed by atoms with Gasteiger partial charge in [-0.15, -0.1) is 11.3 Å². The lowest BCUT2D eigenvalue weighted by Crippen LogP contribution is -2.28. The summed E-state index contributed by atoms with van der Waals surface area (Å²) in [4.78, 5) is 2.60. The van der Waals surface area contributed by atoms with Crippen LogP contribution in [0.3, 0.4) is 0 Å². The second-order valence-electron chi connectivity index (χ2n) is 12.8. The number of fused-ring (bicyclic) bond motifs is 9. The van der Waals surface area contributed by atoms with Gasteiger partial charge in [-0.1, -0.05) is 152 Å². The summed E-state index contributed by atoms with van der Waals surface area (Å²) in [6, 6.07) is 61.0. The van der Waals surface area contributed by atoms with Crippen molar-refractivity contribution in [2.75, 3.05) is 0 Å². The topological polar surface area (TPSA) is 4.41 Å².